The molecule has 2 aromatic carbocycles. The van der Waals surface area contributed by atoms with E-state index >= 15 is 0 Å². The summed E-state index contributed by atoms with van der Waals surface area (Å²) in [4.78, 5) is 11.8. The van der Waals surface area contributed by atoms with Gasteiger partial charge in [0, 0.05) is 9.26 Å². The first-order chi connectivity index (χ1) is 11.2. The Morgan fingerprint density at radius 1 is 1.00 bits per heavy atom. The number of halogens is 1. The lowest BCUT2D eigenvalue weighted by atomic mass is 10.3. The van der Waals surface area contributed by atoms with Gasteiger partial charge in [0.15, 0.2) is 6.61 Å². The van der Waals surface area contributed by atoms with Crippen LogP contribution in [-0.4, -0.2) is 19.1 Å². The second-order valence-corrected chi connectivity index (χ2v) is 6.26. The number of amides is 1. The number of anilines is 1. The maximum absolute atomic E-state index is 11.8. The van der Waals surface area contributed by atoms with Gasteiger partial charge in [-0.1, -0.05) is 13.3 Å². The summed E-state index contributed by atoms with van der Waals surface area (Å²) < 4.78 is 12.2. The maximum Gasteiger partial charge on any atom is 0.262 e. The Labute approximate surface area is 150 Å². The molecule has 0 unspecified atom stereocenters. The summed E-state index contributed by atoms with van der Waals surface area (Å²) in [5.41, 5.74) is 0.763. The fourth-order valence-electron chi connectivity index (χ4n) is 1.85. The van der Waals surface area contributed by atoms with Gasteiger partial charge in [-0.25, -0.2) is 0 Å². The molecule has 0 atom stereocenters. The lowest BCUT2D eigenvalue weighted by Gasteiger charge is -2.09. The third kappa shape index (κ3) is 6.48. The van der Waals surface area contributed by atoms with Crippen molar-refractivity contribution in [2.45, 2.75) is 19.8 Å². The summed E-state index contributed by atoms with van der Waals surface area (Å²) >= 11 is 2.22. The average molecular weight is 425 g/mol. The summed E-state index contributed by atoms with van der Waals surface area (Å²) in [5.74, 6) is 1.27. The first kappa shape index (κ1) is 17.6. The largest absolute Gasteiger partial charge is 0.494 e. The van der Waals surface area contributed by atoms with Crippen LogP contribution in [0.25, 0.3) is 0 Å². The molecule has 23 heavy (non-hydrogen) atoms. The SMILES string of the molecule is CCCCOc1ccc(OCC(=O)Nc2ccc(I)cc2)cc1. The van der Waals surface area contributed by atoms with Crippen LogP contribution < -0.4 is 14.8 Å². The van der Waals surface area contributed by atoms with Gasteiger partial charge in [0.25, 0.3) is 5.91 Å². The summed E-state index contributed by atoms with van der Waals surface area (Å²) in [6.45, 7) is 2.82. The van der Waals surface area contributed by atoms with E-state index in [1.807, 2.05) is 36.4 Å². The number of hydrogen-bond donors (Lipinski definition) is 1. The predicted octanol–water partition coefficient (Wildman–Crippen LogP) is 4.49. The highest BCUT2D eigenvalue weighted by molar-refractivity contribution is 14.1. The van der Waals surface area contributed by atoms with Gasteiger partial charge in [-0.15, -0.1) is 0 Å². The van der Waals surface area contributed by atoms with E-state index in [0.717, 1.165) is 34.5 Å². The minimum atomic E-state index is -0.186. The van der Waals surface area contributed by atoms with Gasteiger partial charge >= 0.3 is 0 Å². The predicted molar refractivity (Wildman–Crippen MR) is 100 cm³/mol. The number of rotatable bonds is 8. The molecule has 0 aliphatic rings. The number of benzene rings is 2. The number of ether oxygens (including phenoxy) is 2. The second-order valence-electron chi connectivity index (χ2n) is 5.02. The molecule has 122 valence electrons. The van der Waals surface area contributed by atoms with Crippen LogP contribution in [-0.2, 0) is 4.79 Å². The summed E-state index contributed by atoms with van der Waals surface area (Å²) in [6, 6.07) is 14.9. The Bertz CT molecular complexity index is 611. The van der Waals surface area contributed by atoms with Gasteiger partial charge in [-0.05, 0) is 77.5 Å². The van der Waals surface area contributed by atoms with Crippen LogP contribution in [0, 0.1) is 3.57 Å². The Morgan fingerprint density at radius 2 is 1.61 bits per heavy atom. The van der Waals surface area contributed by atoms with Crippen molar-refractivity contribution >= 4 is 34.2 Å². The van der Waals surface area contributed by atoms with Crippen molar-refractivity contribution in [1.29, 1.82) is 0 Å². The van der Waals surface area contributed by atoms with Gasteiger partial charge in [-0.3, -0.25) is 4.79 Å². The van der Waals surface area contributed by atoms with Crippen LogP contribution in [0.2, 0.25) is 0 Å². The molecular formula is C18H20INO3. The summed E-state index contributed by atoms with van der Waals surface area (Å²) in [5, 5.41) is 2.79. The molecule has 5 heteroatoms. The van der Waals surface area contributed by atoms with E-state index in [1.54, 1.807) is 12.1 Å². The molecule has 0 aromatic heterocycles. The molecule has 1 amide bonds. The van der Waals surface area contributed by atoms with Crippen molar-refractivity contribution in [2.24, 2.45) is 0 Å². The van der Waals surface area contributed by atoms with Crippen molar-refractivity contribution in [3.05, 3.63) is 52.1 Å². The Hall–Kier alpha value is -1.76. The highest BCUT2D eigenvalue weighted by atomic mass is 127. The Balaban J connectivity index is 1.76. The van der Waals surface area contributed by atoms with Crippen molar-refractivity contribution < 1.29 is 14.3 Å². The molecule has 1 N–H and O–H groups in total. The van der Waals surface area contributed by atoms with Gasteiger partial charge in [0.2, 0.25) is 0 Å². The molecule has 0 saturated heterocycles. The molecule has 2 rings (SSSR count). The number of hydrogen-bond acceptors (Lipinski definition) is 3. The van der Waals surface area contributed by atoms with E-state index in [4.69, 9.17) is 9.47 Å². The quantitative estimate of drug-likeness (QED) is 0.501. The first-order valence-corrected chi connectivity index (χ1v) is 8.66. The lowest BCUT2D eigenvalue weighted by Crippen LogP contribution is -2.20. The van der Waals surface area contributed by atoms with E-state index in [9.17, 15) is 4.79 Å². The molecule has 0 aliphatic heterocycles. The highest BCUT2D eigenvalue weighted by Crippen LogP contribution is 2.18. The van der Waals surface area contributed by atoms with Crippen LogP contribution in [0.5, 0.6) is 11.5 Å². The summed E-state index contributed by atoms with van der Waals surface area (Å²) in [7, 11) is 0. The average Bonchev–Trinajstić information content (AvgIpc) is 2.56. The van der Waals surface area contributed by atoms with Gasteiger partial charge in [0.1, 0.15) is 11.5 Å². The number of carbonyl (C=O) groups excluding carboxylic acids is 1. The molecule has 0 bridgehead atoms. The smallest absolute Gasteiger partial charge is 0.262 e. The lowest BCUT2D eigenvalue weighted by molar-refractivity contribution is -0.118. The van der Waals surface area contributed by atoms with E-state index in [0.29, 0.717) is 5.75 Å². The van der Waals surface area contributed by atoms with Crippen LogP contribution in [0.15, 0.2) is 48.5 Å². The van der Waals surface area contributed by atoms with Crippen LogP contribution in [0.1, 0.15) is 19.8 Å². The van der Waals surface area contributed by atoms with Crippen molar-refractivity contribution in [3.63, 3.8) is 0 Å². The van der Waals surface area contributed by atoms with Crippen LogP contribution in [0.4, 0.5) is 5.69 Å². The number of unbranched alkanes of at least 4 members (excludes halogenated alkanes) is 1. The first-order valence-electron chi connectivity index (χ1n) is 7.58. The molecule has 4 nitrogen and oxygen atoms in total. The monoisotopic (exact) mass is 425 g/mol. The third-order valence-electron chi connectivity index (χ3n) is 3.09. The third-order valence-corrected chi connectivity index (χ3v) is 3.81. The molecular weight excluding hydrogens is 405 g/mol. The van der Waals surface area contributed by atoms with E-state index < -0.39 is 0 Å². The van der Waals surface area contributed by atoms with Gasteiger partial charge in [0.05, 0.1) is 6.61 Å². The molecule has 0 aliphatic carbocycles. The van der Waals surface area contributed by atoms with Crippen molar-refractivity contribution in [2.75, 3.05) is 18.5 Å². The van der Waals surface area contributed by atoms with E-state index in [1.165, 1.54) is 0 Å². The van der Waals surface area contributed by atoms with Gasteiger partial charge < -0.3 is 14.8 Å². The molecule has 2 aromatic rings. The zero-order chi connectivity index (χ0) is 16.5. The molecule has 0 spiro atoms. The number of carbonyl (C=O) groups is 1. The fraction of sp³-hybridized carbons (Fsp3) is 0.278. The highest BCUT2D eigenvalue weighted by Gasteiger charge is 2.04. The fourth-order valence-corrected chi connectivity index (χ4v) is 2.21. The van der Waals surface area contributed by atoms with E-state index in [-0.39, 0.29) is 12.5 Å². The zero-order valence-electron chi connectivity index (χ0n) is 13.0. The van der Waals surface area contributed by atoms with Crippen LogP contribution >= 0.6 is 22.6 Å². The Kier molecular flexibility index (Phi) is 7.19. The topological polar surface area (TPSA) is 47.6 Å². The maximum atomic E-state index is 11.8. The molecule has 0 saturated carbocycles. The standard InChI is InChI=1S/C18H20INO3/c1-2-3-12-22-16-8-10-17(11-9-16)23-13-18(21)20-15-6-4-14(19)5-7-15/h4-11H,2-3,12-13H2,1H3,(H,20,21). The number of nitrogens with one attached hydrogen (secondary N) is 1. The second kappa shape index (κ2) is 9.39. The zero-order valence-corrected chi connectivity index (χ0v) is 15.2. The van der Waals surface area contributed by atoms with E-state index in [2.05, 4.69) is 34.8 Å². The summed E-state index contributed by atoms with van der Waals surface area (Å²) in [6.07, 6.45) is 2.15. The van der Waals surface area contributed by atoms with Crippen LogP contribution in [0.3, 0.4) is 0 Å². The molecule has 0 heterocycles. The van der Waals surface area contributed by atoms with Crippen molar-refractivity contribution in [3.8, 4) is 11.5 Å². The molecule has 0 radical (unpaired) electrons. The minimum absolute atomic E-state index is 0.0258. The molecule has 0 fully saturated rings. The minimum Gasteiger partial charge on any atom is -0.494 e. The van der Waals surface area contributed by atoms with Crippen molar-refractivity contribution in [1.82, 2.24) is 0 Å². The Morgan fingerprint density at radius 3 is 2.22 bits per heavy atom. The van der Waals surface area contributed by atoms with Gasteiger partial charge in [-0.2, -0.15) is 0 Å². The normalized spacial score (nSPS) is 10.2.